The minimum absolute atomic E-state index is 0.245. The zero-order valence-corrected chi connectivity index (χ0v) is 14.5. The summed E-state index contributed by atoms with van der Waals surface area (Å²) < 4.78 is 0.344. The summed E-state index contributed by atoms with van der Waals surface area (Å²) in [6.07, 6.45) is 1.15. The van der Waals surface area contributed by atoms with Crippen LogP contribution >= 0.6 is 11.8 Å². The molecular formula is C18H27NOS. The molecule has 1 saturated heterocycles. The first-order valence-corrected chi connectivity index (χ1v) is 8.85. The Kier molecular flexibility index (Phi) is 5.50. The first-order chi connectivity index (χ1) is 9.87. The van der Waals surface area contributed by atoms with Crippen molar-refractivity contribution < 1.29 is 4.79 Å². The van der Waals surface area contributed by atoms with Crippen LogP contribution in [0.15, 0.2) is 24.3 Å². The summed E-state index contributed by atoms with van der Waals surface area (Å²) in [6.45, 7) is 11.5. The number of benzene rings is 1. The van der Waals surface area contributed by atoms with E-state index in [1.165, 1.54) is 5.56 Å². The summed E-state index contributed by atoms with van der Waals surface area (Å²) in [5, 5.41) is 0. The number of Topliss-reactive ketones (excluding diaryl/α,β-unsaturated/α-hetero) is 1. The number of ketones is 1. The Morgan fingerprint density at radius 3 is 2.52 bits per heavy atom. The summed E-state index contributed by atoms with van der Waals surface area (Å²) in [4.78, 5) is 14.7. The highest BCUT2D eigenvalue weighted by Gasteiger charge is 2.24. The van der Waals surface area contributed by atoms with Gasteiger partial charge in [-0.1, -0.05) is 52.0 Å². The molecule has 0 N–H and O–H groups in total. The summed E-state index contributed by atoms with van der Waals surface area (Å²) in [7, 11) is 0. The molecule has 21 heavy (non-hydrogen) atoms. The molecule has 1 heterocycles. The zero-order chi connectivity index (χ0) is 15.5. The molecule has 116 valence electrons. The summed E-state index contributed by atoms with van der Waals surface area (Å²) >= 11 is 2.02. The Morgan fingerprint density at radius 1 is 1.24 bits per heavy atom. The SMILES string of the molecule is CC(C)c1ccc(C(=O)CN2CCSC(C)(C)CC2)cc1. The van der Waals surface area contributed by atoms with Crippen molar-refractivity contribution in [1.29, 1.82) is 0 Å². The topological polar surface area (TPSA) is 20.3 Å². The normalized spacial score (nSPS) is 19.5. The molecule has 1 aliphatic rings. The Balaban J connectivity index is 1.94. The van der Waals surface area contributed by atoms with Crippen molar-refractivity contribution in [3.63, 3.8) is 0 Å². The number of hydrogen-bond donors (Lipinski definition) is 0. The van der Waals surface area contributed by atoms with Crippen molar-refractivity contribution in [2.24, 2.45) is 0 Å². The first-order valence-electron chi connectivity index (χ1n) is 7.87. The molecule has 0 spiro atoms. The average Bonchev–Trinajstić information content (AvgIpc) is 2.60. The monoisotopic (exact) mass is 305 g/mol. The molecule has 0 radical (unpaired) electrons. The van der Waals surface area contributed by atoms with Crippen molar-refractivity contribution in [1.82, 2.24) is 4.90 Å². The predicted molar refractivity (Wildman–Crippen MR) is 92.5 cm³/mol. The van der Waals surface area contributed by atoms with Crippen LogP contribution in [0.25, 0.3) is 0 Å². The fourth-order valence-electron chi connectivity index (χ4n) is 2.57. The minimum Gasteiger partial charge on any atom is -0.295 e. The van der Waals surface area contributed by atoms with Crippen molar-refractivity contribution >= 4 is 17.5 Å². The van der Waals surface area contributed by atoms with Gasteiger partial charge in [-0.2, -0.15) is 11.8 Å². The second-order valence-electron chi connectivity index (χ2n) is 6.83. The van der Waals surface area contributed by atoms with Gasteiger partial charge in [0.05, 0.1) is 6.54 Å². The second kappa shape index (κ2) is 6.97. The van der Waals surface area contributed by atoms with Gasteiger partial charge >= 0.3 is 0 Å². The third-order valence-electron chi connectivity index (χ3n) is 4.20. The van der Waals surface area contributed by atoms with Crippen LogP contribution in [-0.4, -0.2) is 40.8 Å². The molecule has 1 aliphatic heterocycles. The number of thioether (sulfide) groups is 1. The van der Waals surface area contributed by atoms with E-state index in [2.05, 4.69) is 44.7 Å². The van der Waals surface area contributed by atoms with Gasteiger partial charge in [-0.3, -0.25) is 9.69 Å². The van der Waals surface area contributed by atoms with Crippen LogP contribution in [0.1, 0.15) is 56.0 Å². The lowest BCUT2D eigenvalue weighted by Gasteiger charge is -2.22. The minimum atomic E-state index is 0.245. The van der Waals surface area contributed by atoms with Gasteiger partial charge in [-0.05, 0) is 24.4 Å². The van der Waals surface area contributed by atoms with Crippen molar-refractivity contribution in [3.8, 4) is 0 Å². The van der Waals surface area contributed by atoms with Crippen molar-refractivity contribution in [2.45, 2.75) is 44.8 Å². The molecule has 3 heteroatoms. The van der Waals surface area contributed by atoms with E-state index in [0.29, 0.717) is 17.2 Å². The number of carbonyl (C=O) groups is 1. The van der Waals surface area contributed by atoms with E-state index in [4.69, 9.17) is 0 Å². The van der Waals surface area contributed by atoms with Gasteiger partial charge in [0, 0.05) is 22.6 Å². The molecule has 0 aliphatic carbocycles. The number of carbonyl (C=O) groups excluding carboxylic acids is 1. The molecule has 0 aromatic heterocycles. The van der Waals surface area contributed by atoms with Crippen LogP contribution in [0.2, 0.25) is 0 Å². The van der Waals surface area contributed by atoms with Gasteiger partial charge in [0.15, 0.2) is 5.78 Å². The van der Waals surface area contributed by atoms with Gasteiger partial charge in [-0.25, -0.2) is 0 Å². The molecule has 2 rings (SSSR count). The van der Waals surface area contributed by atoms with E-state index >= 15 is 0 Å². The summed E-state index contributed by atoms with van der Waals surface area (Å²) in [5.41, 5.74) is 2.13. The van der Waals surface area contributed by atoms with E-state index in [1.807, 2.05) is 23.9 Å². The highest BCUT2D eigenvalue weighted by atomic mass is 32.2. The van der Waals surface area contributed by atoms with E-state index < -0.39 is 0 Å². The highest BCUT2D eigenvalue weighted by Crippen LogP contribution is 2.30. The standard InChI is InChI=1S/C18H27NOS/c1-14(2)15-5-7-16(8-6-15)17(20)13-19-10-9-18(3,4)21-12-11-19/h5-8,14H,9-13H2,1-4H3. The summed E-state index contributed by atoms with van der Waals surface area (Å²) in [6, 6.07) is 8.13. The molecule has 0 saturated carbocycles. The Morgan fingerprint density at radius 2 is 1.90 bits per heavy atom. The zero-order valence-electron chi connectivity index (χ0n) is 13.7. The lowest BCUT2D eigenvalue weighted by Crippen LogP contribution is -2.32. The van der Waals surface area contributed by atoms with E-state index in [1.54, 1.807) is 0 Å². The molecule has 0 bridgehead atoms. The Labute approximate surface area is 133 Å². The molecule has 0 amide bonds. The van der Waals surface area contributed by atoms with Crippen LogP contribution < -0.4 is 0 Å². The largest absolute Gasteiger partial charge is 0.295 e. The van der Waals surface area contributed by atoms with Gasteiger partial charge in [-0.15, -0.1) is 0 Å². The number of hydrogen-bond acceptors (Lipinski definition) is 3. The fourth-order valence-corrected chi connectivity index (χ4v) is 3.71. The maximum atomic E-state index is 12.4. The van der Waals surface area contributed by atoms with Crippen LogP contribution in [0.3, 0.4) is 0 Å². The quantitative estimate of drug-likeness (QED) is 0.777. The second-order valence-corrected chi connectivity index (χ2v) is 8.64. The van der Waals surface area contributed by atoms with Gasteiger partial charge < -0.3 is 0 Å². The molecule has 0 atom stereocenters. The van der Waals surface area contributed by atoms with Gasteiger partial charge in [0.2, 0.25) is 0 Å². The predicted octanol–water partition coefficient (Wildman–Crippen LogP) is 4.21. The first kappa shape index (κ1) is 16.6. The Hall–Kier alpha value is -0.800. The third-order valence-corrected chi connectivity index (χ3v) is 5.57. The molecule has 2 nitrogen and oxygen atoms in total. The molecule has 1 fully saturated rings. The van der Waals surface area contributed by atoms with Gasteiger partial charge in [0.25, 0.3) is 0 Å². The molecular weight excluding hydrogens is 278 g/mol. The molecule has 1 aromatic carbocycles. The van der Waals surface area contributed by atoms with Crippen molar-refractivity contribution in [3.05, 3.63) is 35.4 Å². The van der Waals surface area contributed by atoms with Crippen molar-refractivity contribution in [2.75, 3.05) is 25.4 Å². The van der Waals surface area contributed by atoms with Crippen LogP contribution in [-0.2, 0) is 0 Å². The maximum absolute atomic E-state index is 12.4. The summed E-state index contributed by atoms with van der Waals surface area (Å²) in [5.74, 6) is 1.88. The maximum Gasteiger partial charge on any atom is 0.176 e. The van der Waals surface area contributed by atoms with E-state index in [-0.39, 0.29) is 5.78 Å². The number of nitrogens with zero attached hydrogens (tertiary/aromatic N) is 1. The Bertz CT molecular complexity index is 478. The van der Waals surface area contributed by atoms with E-state index in [9.17, 15) is 4.79 Å². The van der Waals surface area contributed by atoms with Crippen LogP contribution in [0, 0.1) is 0 Å². The van der Waals surface area contributed by atoms with Crippen LogP contribution in [0.4, 0.5) is 0 Å². The fraction of sp³-hybridized carbons (Fsp3) is 0.611. The highest BCUT2D eigenvalue weighted by molar-refractivity contribution is 8.00. The molecule has 1 aromatic rings. The third kappa shape index (κ3) is 4.86. The van der Waals surface area contributed by atoms with Crippen LogP contribution in [0.5, 0.6) is 0 Å². The average molecular weight is 305 g/mol. The smallest absolute Gasteiger partial charge is 0.176 e. The van der Waals surface area contributed by atoms with Gasteiger partial charge in [0.1, 0.15) is 0 Å². The van der Waals surface area contributed by atoms with E-state index in [0.717, 1.165) is 30.8 Å². The lowest BCUT2D eigenvalue weighted by molar-refractivity contribution is 0.0934. The molecule has 0 unspecified atom stereocenters. The lowest BCUT2D eigenvalue weighted by atomic mass is 10.0. The number of rotatable bonds is 4.